The maximum Gasteiger partial charge on any atom is 0.252 e. The van der Waals surface area contributed by atoms with Gasteiger partial charge < -0.3 is 10.4 Å². The van der Waals surface area contributed by atoms with E-state index in [1.807, 2.05) is 43.5 Å². The first-order chi connectivity index (χ1) is 8.63. The summed E-state index contributed by atoms with van der Waals surface area (Å²) in [7, 11) is 0. The van der Waals surface area contributed by atoms with E-state index in [-0.39, 0.29) is 24.5 Å². The van der Waals surface area contributed by atoms with Crippen molar-refractivity contribution in [2.24, 2.45) is 5.92 Å². The van der Waals surface area contributed by atoms with E-state index in [1.165, 1.54) is 0 Å². The SMILES string of the molecule is CC(CO)C(C)NC(=O)c1csc2ccccc12. The fourth-order valence-electron chi connectivity index (χ4n) is 1.74. The number of carbonyl (C=O) groups excluding carboxylic acids is 1. The zero-order valence-electron chi connectivity index (χ0n) is 10.5. The highest BCUT2D eigenvalue weighted by Crippen LogP contribution is 2.25. The van der Waals surface area contributed by atoms with Crippen LogP contribution in [0, 0.1) is 5.92 Å². The number of fused-ring (bicyclic) bond motifs is 1. The van der Waals surface area contributed by atoms with Gasteiger partial charge in [0.2, 0.25) is 0 Å². The van der Waals surface area contributed by atoms with Crippen LogP contribution in [0.2, 0.25) is 0 Å². The number of hydrogen-bond acceptors (Lipinski definition) is 3. The molecule has 0 aliphatic rings. The van der Waals surface area contributed by atoms with E-state index < -0.39 is 0 Å². The van der Waals surface area contributed by atoms with E-state index in [1.54, 1.807) is 11.3 Å². The third kappa shape index (κ3) is 2.54. The number of benzene rings is 1. The van der Waals surface area contributed by atoms with E-state index in [9.17, 15) is 4.79 Å². The van der Waals surface area contributed by atoms with Crippen molar-refractivity contribution in [1.29, 1.82) is 0 Å². The summed E-state index contributed by atoms with van der Waals surface area (Å²) < 4.78 is 1.12. The minimum absolute atomic E-state index is 0.0406. The molecule has 0 aliphatic heterocycles. The van der Waals surface area contributed by atoms with E-state index in [4.69, 9.17) is 5.11 Å². The number of carbonyl (C=O) groups is 1. The molecule has 1 heterocycles. The molecule has 0 saturated heterocycles. The topological polar surface area (TPSA) is 49.3 Å². The van der Waals surface area contributed by atoms with Gasteiger partial charge in [0, 0.05) is 28.1 Å². The number of thiophene rings is 1. The monoisotopic (exact) mass is 263 g/mol. The molecule has 2 N–H and O–H groups in total. The summed E-state index contributed by atoms with van der Waals surface area (Å²) in [4.78, 5) is 12.2. The largest absolute Gasteiger partial charge is 0.396 e. The number of rotatable bonds is 4. The van der Waals surface area contributed by atoms with Gasteiger partial charge in [-0.15, -0.1) is 11.3 Å². The van der Waals surface area contributed by atoms with Crippen LogP contribution in [0.25, 0.3) is 10.1 Å². The molecule has 0 bridgehead atoms. The highest BCUT2D eigenvalue weighted by molar-refractivity contribution is 7.17. The number of nitrogens with one attached hydrogen (secondary N) is 1. The molecule has 3 nitrogen and oxygen atoms in total. The molecule has 0 spiro atoms. The summed E-state index contributed by atoms with van der Waals surface area (Å²) in [5.74, 6) is -0.0147. The summed E-state index contributed by atoms with van der Waals surface area (Å²) in [6, 6.07) is 7.83. The van der Waals surface area contributed by atoms with E-state index in [2.05, 4.69) is 5.32 Å². The molecule has 2 rings (SSSR count). The predicted molar refractivity (Wildman–Crippen MR) is 75.0 cm³/mol. The Balaban J connectivity index is 2.19. The summed E-state index contributed by atoms with van der Waals surface area (Å²) in [6.45, 7) is 3.90. The molecule has 1 aromatic heterocycles. The van der Waals surface area contributed by atoms with Gasteiger partial charge in [-0.2, -0.15) is 0 Å². The van der Waals surface area contributed by atoms with Gasteiger partial charge in [0.05, 0.1) is 5.56 Å². The number of aliphatic hydroxyl groups excluding tert-OH is 1. The molecule has 0 fully saturated rings. The molecule has 0 radical (unpaired) electrons. The number of aliphatic hydroxyl groups is 1. The first kappa shape index (κ1) is 13.1. The van der Waals surface area contributed by atoms with Crippen LogP contribution in [-0.2, 0) is 0 Å². The van der Waals surface area contributed by atoms with Gasteiger partial charge in [0.1, 0.15) is 0 Å². The maximum atomic E-state index is 12.2. The molecular formula is C14H17NO2S. The third-order valence-corrected chi connectivity index (χ3v) is 4.19. The van der Waals surface area contributed by atoms with Crippen LogP contribution >= 0.6 is 11.3 Å². The zero-order chi connectivity index (χ0) is 13.1. The molecule has 2 unspecified atom stereocenters. The second-order valence-corrected chi connectivity index (χ2v) is 5.48. The van der Waals surface area contributed by atoms with Crippen LogP contribution in [0.1, 0.15) is 24.2 Å². The highest BCUT2D eigenvalue weighted by Gasteiger charge is 2.17. The quantitative estimate of drug-likeness (QED) is 0.891. The van der Waals surface area contributed by atoms with E-state index in [0.717, 1.165) is 10.1 Å². The van der Waals surface area contributed by atoms with Gasteiger partial charge in [0.25, 0.3) is 5.91 Å². The number of hydrogen-bond donors (Lipinski definition) is 2. The van der Waals surface area contributed by atoms with Crippen LogP contribution in [0.15, 0.2) is 29.6 Å². The standard InChI is InChI=1S/C14H17NO2S/c1-9(7-16)10(2)15-14(17)12-8-18-13-6-4-3-5-11(12)13/h3-6,8-10,16H,7H2,1-2H3,(H,15,17). The van der Waals surface area contributed by atoms with Gasteiger partial charge in [-0.3, -0.25) is 4.79 Å². The fourth-order valence-corrected chi connectivity index (χ4v) is 2.68. The predicted octanol–water partition coefficient (Wildman–Crippen LogP) is 2.65. The molecule has 18 heavy (non-hydrogen) atoms. The summed E-state index contributed by atoms with van der Waals surface area (Å²) in [5.41, 5.74) is 0.715. The van der Waals surface area contributed by atoms with Crippen LogP contribution < -0.4 is 5.32 Å². The lowest BCUT2D eigenvalue weighted by Gasteiger charge is -2.18. The van der Waals surface area contributed by atoms with Crippen molar-refractivity contribution in [3.63, 3.8) is 0 Å². The molecule has 0 aliphatic carbocycles. The van der Waals surface area contributed by atoms with E-state index in [0.29, 0.717) is 5.56 Å². The van der Waals surface area contributed by atoms with E-state index >= 15 is 0 Å². The number of amides is 1. The Hall–Kier alpha value is -1.39. The zero-order valence-corrected chi connectivity index (χ0v) is 11.3. The summed E-state index contributed by atoms with van der Waals surface area (Å²) in [5, 5.41) is 14.9. The molecule has 1 aromatic carbocycles. The molecule has 4 heteroatoms. The Morgan fingerprint density at radius 1 is 1.39 bits per heavy atom. The molecule has 96 valence electrons. The Morgan fingerprint density at radius 2 is 2.11 bits per heavy atom. The van der Waals surface area contributed by atoms with Crippen molar-refractivity contribution in [2.45, 2.75) is 19.9 Å². The van der Waals surface area contributed by atoms with Crippen molar-refractivity contribution in [3.05, 3.63) is 35.2 Å². The second kappa shape index (κ2) is 5.50. The molecule has 0 saturated carbocycles. The Morgan fingerprint density at radius 3 is 2.83 bits per heavy atom. The molecule has 2 atom stereocenters. The summed E-state index contributed by atoms with van der Waals surface area (Å²) >= 11 is 1.57. The lowest BCUT2D eigenvalue weighted by Crippen LogP contribution is -2.38. The lowest BCUT2D eigenvalue weighted by molar-refractivity contribution is 0.0918. The smallest absolute Gasteiger partial charge is 0.252 e. The minimum Gasteiger partial charge on any atom is -0.396 e. The van der Waals surface area contributed by atoms with Gasteiger partial charge in [-0.05, 0) is 18.9 Å². The van der Waals surface area contributed by atoms with Crippen LogP contribution in [0.4, 0.5) is 0 Å². The average Bonchev–Trinajstić information content (AvgIpc) is 2.81. The Bertz CT molecular complexity index is 549. The van der Waals surface area contributed by atoms with Gasteiger partial charge in [0.15, 0.2) is 0 Å². The maximum absolute atomic E-state index is 12.2. The van der Waals surface area contributed by atoms with Crippen molar-refractivity contribution in [1.82, 2.24) is 5.32 Å². The average molecular weight is 263 g/mol. The molecule has 2 aromatic rings. The Labute approximate surface area is 110 Å². The third-order valence-electron chi connectivity index (χ3n) is 3.23. The van der Waals surface area contributed by atoms with Crippen LogP contribution in [0.5, 0.6) is 0 Å². The van der Waals surface area contributed by atoms with Crippen molar-refractivity contribution < 1.29 is 9.90 Å². The minimum atomic E-state index is -0.0692. The first-order valence-electron chi connectivity index (χ1n) is 6.01. The van der Waals surface area contributed by atoms with Gasteiger partial charge in [-0.1, -0.05) is 25.1 Å². The second-order valence-electron chi connectivity index (χ2n) is 4.57. The Kier molecular flexibility index (Phi) is 3.99. The first-order valence-corrected chi connectivity index (χ1v) is 6.89. The van der Waals surface area contributed by atoms with Gasteiger partial charge >= 0.3 is 0 Å². The molecule has 1 amide bonds. The van der Waals surface area contributed by atoms with Crippen molar-refractivity contribution >= 4 is 27.3 Å². The fraction of sp³-hybridized carbons (Fsp3) is 0.357. The summed E-state index contributed by atoms with van der Waals surface area (Å²) in [6.07, 6.45) is 0. The normalized spacial score (nSPS) is 14.4. The van der Waals surface area contributed by atoms with Crippen LogP contribution in [-0.4, -0.2) is 23.7 Å². The molecular weight excluding hydrogens is 246 g/mol. The van der Waals surface area contributed by atoms with Crippen molar-refractivity contribution in [2.75, 3.05) is 6.61 Å². The van der Waals surface area contributed by atoms with Crippen molar-refractivity contribution in [3.8, 4) is 0 Å². The lowest BCUT2D eigenvalue weighted by atomic mass is 10.0. The highest BCUT2D eigenvalue weighted by atomic mass is 32.1. The van der Waals surface area contributed by atoms with Gasteiger partial charge in [-0.25, -0.2) is 0 Å². The van der Waals surface area contributed by atoms with Crippen LogP contribution in [0.3, 0.4) is 0 Å².